The second kappa shape index (κ2) is 5.24. The first-order chi connectivity index (χ1) is 5.65. The van der Waals surface area contributed by atoms with Crippen molar-refractivity contribution in [1.29, 1.82) is 0 Å². The average Bonchev–Trinajstić information content (AvgIpc) is 2.05. The van der Waals surface area contributed by atoms with Crippen molar-refractivity contribution in [3.05, 3.63) is 29.3 Å². The van der Waals surface area contributed by atoms with Crippen molar-refractivity contribution in [3.8, 4) is 5.75 Å². The van der Waals surface area contributed by atoms with Crippen LogP contribution in [0.15, 0.2) is 18.2 Å². The summed E-state index contributed by atoms with van der Waals surface area (Å²) in [6.07, 6.45) is 0. The summed E-state index contributed by atoms with van der Waals surface area (Å²) in [5.74, 6) is -1.81. The van der Waals surface area contributed by atoms with Crippen LogP contribution in [0.5, 0.6) is 5.75 Å². The molecular weight excluding hydrogens is 183 g/mol. The Kier molecular flexibility index (Phi) is 5.02. The first kappa shape index (κ1) is 12.4. The summed E-state index contributed by atoms with van der Waals surface area (Å²) in [6, 6.07) is 3.81. The molecule has 0 saturated carbocycles. The normalized spacial score (nSPS) is 9.00. The summed E-state index contributed by atoms with van der Waals surface area (Å²) in [7, 11) is 0. The molecule has 5 heteroatoms. The molecule has 0 spiro atoms. The van der Waals surface area contributed by atoms with Crippen molar-refractivity contribution in [2.45, 2.75) is 6.61 Å². The Hall–Kier alpha value is -0.550. The summed E-state index contributed by atoms with van der Waals surface area (Å²) >= 11 is 0. The van der Waals surface area contributed by atoms with Gasteiger partial charge in [0.25, 0.3) is 0 Å². The number of aromatic carboxylic acids is 1. The van der Waals surface area contributed by atoms with Gasteiger partial charge in [-0.2, -0.15) is 0 Å². The van der Waals surface area contributed by atoms with Crippen LogP contribution in [0.25, 0.3) is 0 Å². The zero-order valence-corrected chi connectivity index (χ0v) is 9.15. The molecule has 0 unspecified atom stereocenters. The SMILES string of the molecule is O=C([O-])c1cc(CO)ccc1O.[Na+]. The number of rotatable bonds is 2. The number of aromatic hydroxyl groups is 1. The smallest absolute Gasteiger partial charge is 0.545 e. The van der Waals surface area contributed by atoms with Crippen molar-refractivity contribution >= 4 is 5.97 Å². The van der Waals surface area contributed by atoms with E-state index in [1.165, 1.54) is 18.2 Å². The molecule has 0 fully saturated rings. The number of carbonyl (C=O) groups is 1. The van der Waals surface area contributed by atoms with Gasteiger partial charge in [0, 0.05) is 5.56 Å². The minimum atomic E-state index is -1.46. The maximum absolute atomic E-state index is 10.3. The molecule has 0 atom stereocenters. The molecule has 0 aliphatic carbocycles. The number of carboxylic acids is 1. The third kappa shape index (κ3) is 3.00. The number of carbonyl (C=O) groups excluding carboxylic acids is 1. The number of carboxylic acid groups (broad SMARTS) is 1. The number of benzene rings is 1. The Morgan fingerprint density at radius 2 is 2.08 bits per heavy atom. The predicted molar refractivity (Wildman–Crippen MR) is 38.4 cm³/mol. The van der Waals surface area contributed by atoms with Gasteiger partial charge in [-0.15, -0.1) is 0 Å². The van der Waals surface area contributed by atoms with Crippen molar-refractivity contribution < 1.29 is 49.7 Å². The van der Waals surface area contributed by atoms with Gasteiger partial charge in [0.15, 0.2) is 0 Å². The number of aliphatic hydroxyl groups excluding tert-OH is 1. The van der Waals surface area contributed by atoms with Crippen LogP contribution in [0.4, 0.5) is 0 Å². The molecule has 0 aromatic heterocycles. The van der Waals surface area contributed by atoms with Crippen molar-refractivity contribution in [2.24, 2.45) is 0 Å². The van der Waals surface area contributed by atoms with E-state index in [9.17, 15) is 9.90 Å². The molecule has 13 heavy (non-hydrogen) atoms. The summed E-state index contributed by atoms with van der Waals surface area (Å²) in [4.78, 5) is 10.3. The molecule has 4 nitrogen and oxygen atoms in total. The molecule has 0 aliphatic rings. The summed E-state index contributed by atoms with van der Waals surface area (Å²) in [5.41, 5.74) is 0.119. The Bertz CT molecular complexity index is 311. The summed E-state index contributed by atoms with van der Waals surface area (Å²) < 4.78 is 0. The molecule has 0 heterocycles. The van der Waals surface area contributed by atoms with Crippen LogP contribution >= 0.6 is 0 Å². The molecule has 0 radical (unpaired) electrons. The Morgan fingerprint density at radius 3 is 2.54 bits per heavy atom. The zero-order valence-electron chi connectivity index (χ0n) is 7.15. The first-order valence-electron chi connectivity index (χ1n) is 3.29. The average molecular weight is 190 g/mol. The standard InChI is InChI=1S/C8H8O4.Na/c9-4-5-1-2-7(10)6(3-5)8(11)12;/h1-3,9-10H,4H2,(H,11,12);/q;+1/p-1. The van der Waals surface area contributed by atoms with Gasteiger partial charge in [-0.05, 0) is 17.7 Å². The first-order valence-corrected chi connectivity index (χ1v) is 3.29. The fourth-order valence-electron chi connectivity index (χ4n) is 0.845. The fraction of sp³-hybridized carbons (Fsp3) is 0.125. The number of aliphatic hydroxyl groups is 1. The molecule has 0 amide bonds. The van der Waals surface area contributed by atoms with Crippen molar-refractivity contribution in [2.75, 3.05) is 0 Å². The van der Waals surface area contributed by atoms with E-state index in [1.807, 2.05) is 0 Å². The van der Waals surface area contributed by atoms with E-state index in [-0.39, 0.29) is 47.5 Å². The topological polar surface area (TPSA) is 80.6 Å². The molecule has 64 valence electrons. The largest absolute Gasteiger partial charge is 1.00 e. The third-order valence-electron chi connectivity index (χ3n) is 1.46. The molecule has 0 bridgehead atoms. The van der Waals surface area contributed by atoms with Crippen LogP contribution in [0.2, 0.25) is 0 Å². The monoisotopic (exact) mass is 190 g/mol. The zero-order chi connectivity index (χ0) is 9.14. The van der Waals surface area contributed by atoms with Crippen LogP contribution < -0.4 is 34.7 Å². The summed E-state index contributed by atoms with van der Waals surface area (Å²) in [5, 5.41) is 28.0. The van der Waals surface area contributed by atoms with Gasteiger partial charge in [0.05, 0.1) is 12.6 Å². The third-order valence-corrected chi connectivity index (χ3v) is 1.46. The number of hydrogen-bond acceptors (Lipinski definition) is 4. The molecule has 1 aromatic carbocycles. The van der Waals surface area contributed by atoms with Crippen molar-refractivity contribution in [1.82, 2.24) is 0 Å². The van der Waals surface area contributed by atoms with E-state index < -0.39 is 5.97 Å². The van der Waals surface area contributed by atoms with Gasteiger partial charge >= 0.3 is 29.6 Å². The van der Waals surface area contributed by atoms with Crippen LogP contribution in [-0.4, -0.2) is 16.2 Å². The molecule has 0 aliphatic heterocycles. The number of phenols is 1. The van der Waals surface area contributed by atoms with Gasteiger partial charge < -0.3 is 20.1 Å². The van der Waals surface area contributed by atoms with E-state index in [4.69, 9.17) is 10.2 Å². The minimum Gasteiger partial charge on any atom is -0.545 e. The van der Waals surface area contributed by atoms with Crippen LogP contribution in [-0.2, 0) is 6.61 Å². The van der Waals surface area contributed by atoms with E-state index in [0.29, 0.717) is 5.56 Å². The van der Waals surface area contributed by atoms with Gasteiger partial charge in [0.2, 0.25) is 0 Å². The summed E-state index contributed by atoms with van der Waals surface area (Å²) in [6.45, 7) is -0.263. The Labute approximate surface area is 97.1 Å². The maximum Gasteiger partial charge on any atom is 1.00 e. The predicted octanol–water partition coefficient (Wildman–Crippen LogP) is -3.75. The molecule has 1 aromatic rings. The maximum atomic E-state index is 10.3. The van der Waals surface area contributed by atoms with Gasteiger partial charge in [-0.25, -0.2) is 0 Å². The van der Waals surface area contributed by atoms with Crippen molar-refractivity contribution in [3.63, 3.8) is 0 Å². The number of hydrogen-bond donors (Lipinski definition) is 2. The fourth-order valence-corrected chi connectivity index (χ4v) is 0.845. The Balaban J connectivity index is 0.00000144. The van der Waals surface area contributed by atoms with E-state index >= 15 is 0 Å². The van der Waals surface area contributed by atoms with Crippen LogP contribution in [0, 0.1) is 0 Å². The van der Waals surface area contributed by atoms with E-state index in [0.717, 1.165) is 0 Å². The van der Waals surface area contributed by atoms with Gasteiger partial charge in [-0.3, -0.25) is 0 Å². The van der Waals surface area contributed by atoms with Gasteiger partial charge in [0.1, 0.15) is 5.75 Å². The second-order valence-corrected chi connectivity index (χ2v) is 2.30. The van der Waals surface area contributed by atoms with Crippen LogP contribution in [0.1, 0.15) is 15.9 Å². The molecule has 1 rings (SSSR count). The molecule has 2 N–H and O–H groups in total. The van der Waals surface area contributed by atoms with Crippen LogP contribution in [0.3, 0.4) is 0 Å². The molecular formula is C8H7NaO4. The Morgan fingerprint density at radius 1 is 1.46 bits per heavy atom. The second-order valence-electron chi connectivity index (χ2n) is 2.30. The molecule has 0 saturated heterocycles. The minimum absolute atomic E-state index is 0. The van der Waals surface area contributed by atoms with Gasteiger partial charge in [-0.1, -0.05) is 6.07 Å². The van der Waals surface area contributed by atoms with E-state index in [1.54, 1.807) is 0 Å². The quantitative estimate of drug-likeness (QED) is 0.469. The van der Waals surface area contributed by atoms with E-state index in [2.05, 4.69) is 0 Å².